The molecule has 0 atom stereocenters. The molecule has 2 aromatic heterocycles. The first-order valence-electron chi connectivity index (χ1n) is 25.5. The van der Waals surface area contributed by atoms with Crippen LogP contribution in [0, 0.1) is 12.1 Å². The number of hydrogen-bond acceptors (Lipinski definition) is 2. The van der Waals surface area contributed by atoms with Gasteiger partial charge in [-0.2, -0.15) is 12.1 Å². The van der Waals surface area contributed by atoms with Crippen molar-refractivity contribution in [3.8, 4) is 28.4 Å². The van der Waals surface area contributed by atoms with Gasteiger partial charge in [-0.05, 0) is 99.6 Å². The number of ether oxygens (including phenoxy) is 1. The van der Waals surface area contributed by atoms with Crippen molar-refractivity contribution >= 4 is 50.6 Å². The Balaban J connectivity index is 0.00000693. The molecule has 0 radical (unpaired) electrons. The summed E-state index contributed by atoms with van der Waals surface area (Å²) in [6, 6.07) is 53.5. The number of para-hydroxylation sites is 1. The van der Waals surface area contributed by atoms with Crippen LogP contribution in [0.4, 0.5) is 22.7 Å². The van der Waals surface area contributed by atoms with Gasteiger partial charge < -0.3 is 9.30 Å². The summed E-state index contributed by atoms with van der Waals surface area (Å²) >= 11 is 0. The first kappa shape index (κ1) is 52.5. The average molecular weight is 1130 g/mol. The summed E-state index contributed by atoms with van der Waals surface area (Å²) in [5.74, 6) is 2.02. The van der Waals surface area contributed by atoms with E-state index in [2.05, 4.69) is 254 Å². The van der Waals surface area contributed by atoms with Gasteiger partial charge in [-0.1, -0.05) is 195 Å². The predicted molar refractivity (Wildman–Crippen MR) is 301 cm³/mol. The summed E-state index contributed by atoms with van der Waals surface area (Å²) in [6.07, 6.45) is 1.93. The summed E-state index contributed by atoms with van der Waals surface area (Å²) in [5, 5.41) is 2.21. The first-order valence-corrected chi connectivity index (χ1v) is 25.5. The molecule has 8 aromatic rings. The van der Waals surface area contributed by atoms with Gasteiger partial charge in [-0.3, -0.25) is 0 Å². The summed E-state index contributed by atoms with van der Waals surface area (Å²) in [7, 11) is 0. The molecule has 1 aliphatic rings. The molecule has 0 bridgehead atoms. The second-order valence-electron chi connectivity index (χ2n) is 26.1. The molecule has 0 N–H and O–H groups in total. The zero-order valence-corrected chi connectivity index (χ0v) is 48.3. The maximum absolute atomic E-state index is 6.81. The monoisotopic (exact) mass is 1130 g/mol. The summed E-state index contributed by atoms with van der Waals surface area (Å²) in [4.78, 5) is 5.00. The van der Waals surface area contributed by atoms with E-state index in [1.165, 1.54) is 44.5 Å². The van der Waals surface area contributed by atoms with E-state index in [9.17, 15) is 0 Å². The number of rotatable bonds is 6. The van der Waals surface area contributed by atoms with Crippen molar-refractivity contribution in [2.24, 2.45) is 0 Å². The molecule has 0 saturated carbocycles. The summed E-state index contributed by atoms with van der Waals surface area (Å²) in [6.45, 7) is 41.1. The van der Waals surface area contributed by atoms with Crippen molar-refractivity contribution in [3.63, 3.8) is 0 Å². The van der Waals surface area contributed by atoms with Crippen molar-refractivity contribution < 1.29 is 25.8 Å². The molecular weight excluding hydrogens is 1060 g/mol. The maximum Gasteiger partial charge on any atom is 2.00 e. The molecule has 0 spiro atoms. The normalized spacial score (nSPS) is 13.5. The van der Waals surface area contributed by atoms with Crippen LogP contribution in [0.25, 0.3) is 38.8 Å². The first-order chi connectivity index (χ1) is 32.9. The van der Waals surface area contributed by atoms with Crippen LogP contribution in [0.2, 0.25) is 0 Å². The van der Waals surface area contributed by atoms with E-state index >= 15 is 0 Å². The quantitative estimate of drug-likeness (QED) is 0.123. The molecule has 3 heterocycles. The standard InChI is InChI=1S/C66H74N4O.Pt/c1-61(2,3)44-29-30-67-59(38-44)70-56-28-25-42(43-31-45(62(4,5)6)34-46(32-43)63(7,8)9)33-54(56)53-27-26-52(40-58(53)70)71-51-22-19-21-49(39-51)68-41-69(60-55(66(16,17)18)23-20-24-57(60)68)50-36-47(64(10,11)12)35-48(37-50)65(13,14)15;/h19-38H,1-18H3;/q;+2. The van der Waals surface area contributed by atoms with Gasteiger partial charge >= 0.3 is 32.8 Å². The largest absolute Gasteiger partial charge is 2.00 e. The number of fused-ring (bicyclic) bond motifs is 4. The van der Waals surface area contributed by atoms with Crippen molar-refractivity contribution in [1.82, 2.24) is 18.7 Å². The van der Waals surface area contributed by atoms with Crippen LogP contribution >= 0.6 is 0 Å². The second-order valence-corrected chi connectivity index (χ2v) is 26.1. The van der Waals surface area contributed by atoms with Crippen LogP contribution in [0.15, 0.2) is 121 Å². The third-order valence-corrected chi connectivity index (χ3v) is 14.1. The van der Waals surface area contributed by atoms with E-state index in [-0.39, 0.29) is 53.6 Å². The van der Waals surface area contributed by atoms with Gasteiger partial charge in [-0.25, -0.2) is 4.98 Å². The minimum absolute atomic E-state index is 0. The van der Waals surface area contributed by atoms with Gasteiger partial charge in [0, 0.05) is 47.0 Å². The number of aromatic nitrogens is 2. The molecule has 0 amide bonds. The molecule has 0 unspecified atom stereocenters. The van der Waals surface area contributed by atoms with Crippen molar-refractivity contribution in [2.45, 2.75) is 157 Å². The third-order valence-electron chi connectivity index (χ3n) is 14.1. The molecule has 1 aliphatic heterocycles. The third kappa shape index (κ3) is 10.2. The van der Waals surface area contributed by atoms with Crippen LogP contribution in [0.5, 0.6) is 11.5 Å². The molecule has 0 fully saturated rings. The zero-order valence-electron chi connectivity index (χ0n) is 46.1. The number of pyridine rings is 1. The number of nitrogens with zero attached hydrogens (tertiary/aromatic N) is 4. The van der Waals surface area contributed by atoms with Crippen molar-refractivity contribution in [1.29, 1.82) is 0 Å². The Hall–Kier alpha value is -5.86. The van der Waals surface area contributed by atoms with Crippen molar-refractivity contribution in [2.75, 3.05) is 0 Å². The second kappa shape index (κ2) is 18.3. The maximum atomic E-state index is 6.81. The zero-order chi connectivity index (χ0) is 51.4. The summed E-state index contributed by atoms with van der Waals surface area (Å²) < 4.78 is 13.5. The molecule has 0 saturated heterocycles. The van der Waals surface area contributed by atoms with Crippen LogP contribution in [0.1, 0.15) is 158 Å². The average Bonchev–Trinajstić information content (AvgIpc) is 3.83. The van der Waals surface area contributed by atoms with Gasteiger partial charge in [0.2, 0.25) is 5.69 Å². The molecule has 9 rings (SSSR count). The Bertz CT molecular complexity index is 3420. The Labute approximate surface area is 445 Å². The fourth-order valence-electron chi connectivity index (χ4n) is 9.55. The van der Waals surface area contributed by atoms with Gasteiger partial charge in [0.05, 0.1) is 0 Å². The Morgan fingerprint density at radius 3 is 1.64 bits per heavy atom. The fraction of sp³-hybridized carbons (Fsp3) is 0.364. The van der Waals surface area contributed by atoms with Gasteiger partial charge in [0.1, 0.15) is 11.5 Å². The van der Waals surface area contributed by atoms with E-state index in [1.54, 1.807) is 0 Å². The van der Waals surface area contributed by atoms with E-state index in [0.29, 0.717) is 11.5 Å². The van der Waals surface area contributed by atoms with Gasteiger partial charge in [-0.15, -0.1) is 23.6 Å². The fourth-order valence-corrected chi connectivity index (χ4v) is 9.55. The van der Waals surface area contributed by atoms with E-state index in [0.717, 1.165) is 50.4 Å². The van der Waals surface area contributed by atoms with Crippen molar-refractivity contribution in [3.05, 3.63) is 167 Å². The predicted octanol–water partition coefficient (Wildman–Crippen LogP) is 17.9. The topological polar surface area (TPSA) is 33.1 Å². The SMILES string of the molecule is CC(C)(C)c1cc(-c2ccc3c(c2)c2ccc(Oc4[c-]c([N+]5=C=[N+](c6cc(C(C)(C)C)cc(C(C)(C)C)c6)c6c5cccc6C(C)(C)C)ccc4)[c-]c2n3-c2cc(C(C)(C)C)ccn2)cc(C(C)(C)C)c1.[Pt+2]. The molecule has 6 aromatic carbocycles. The molecular formula is C66H74N4OPt+2. The molecule has 6 heteroatoms. The van der Waals surface area contributed by atoms with E-state index < -0.39 is 0 Å². The Kier molecular flexibility index (Phi) is 13.3. The van der Waals surface area contributed by atoms with Gasteiger partial charge in [0.15, 0.2) is 0 Å². The van der Waals surface area contributed by atoms with Crippen LogP contribution in [-0.2, 0) is 53.6 Å². The smallest absolute Gasteiger partial charge is 0.509 e. The van der Waals surface area contributed by atoms with E-state index in [4.69, 9.17) is 9.72 Å². The number of hydrogen-bond donors (Lipinski definition) is 0. The molecule has 0 aliphatic carbocycles. The molecule has 372 valence electrons. The minimum Gasteiger partial charge on any atom is -0.509 e. The van der Waals surface area contributed by atoms with Crippen LogP contribution in [-0.4, -0.2) is 15.6 Å². The Morgan fingerprint density at radius 2 is 1.06 bits per heavy atom. The molecule has 5 nitrogen and oxygen atoms in total. The van der Waals surface area contributed by atoms with Crippen LogP contribution < -0.4 is 13.9 Å². The molecule has 72 heavy (non-hydrogen) atoms. The number of benzene rings is 6. The van der Waals surface area contributed by atoms with E-state index in [1.807, 2.05) is 24.4 Å². The van der Waals surface area contributed by atoms with Crippen LogP contribution in [0.3, 0.4) is 0 Å². The Morgan fingerprint density at radius 1 is 0.486 bits per heavy atom. The van der Waals surface area contributed by atoms with Gasteiger partial charge in [0.25, 0.3) is 5.69 Å². The minimum atomic E-state index is -0.125. The summed E-state index contributed by atoms with van der Waals surface area (Å²) in [5.41, 5.74) is 15.9.